The third-order valence-corrected chi connectivity index (χ3v) is 5.20. The van der Waals surface area contributed by atoms with Crippen molar-refractivity contribution in [3.63, 3.8) is 0 Å². The van der Waals surface area contributed by atoms with Crippen molar-refractivity contribution in [2.45, 2.75) is 13.0 Å². The second kappa shape index (κ2) is 9.08. The van der Waals surface area contributed by atoms with E-state index >= 15 is 0 Å². The van der Waals surface area contributed by atoms with Gasteiger partial charge in [0.05, 0.1) is 30.5 Å². The van der Waals surface area contributed by atoms with E-state index in [-0.39, 0.29) is 18.0 Å². The molecular formula is C21H24ClN3O3. The lowest BCUT2D eigenvalue weighted by atomic mass is 10.1. The third-order valence-electron chi connectivity index (χ3n) is 4.95. The van der Waals surface area contributed by atoms with E-state index in [9.17, 15) is 9.59 Å². The van der Waals surface area contributed by atoms with Gasteiger partial charge in [0.2, 0.25) is 0 Å². The molecule has 2 aromatic rings. The van der Waals surface area contributed by atoms with E-state index in [2.05, 4.69) is 5.32 Å². The van der Waals surface area contributed by atoms with E-state index in [1.165, 1.54) is 0 Å². The van der Waals surface area contributed by atoms with Gasteiger partial charge >= 0.3 is 6.03 Å². The summed E-state index contributed by atoms with van der Waals surface area (Å²) in [4.78, 5) is 29.0. The molecule has 2 aromatic carbocycles. The average Bonchev–Trinajstić information content (AvgIpc) is 2.73. The lowest BCUT2D eigenvalue weighted by Gasteiger charge is -2.28. The number of amides is 3. The van der Waals surface area contributed by atoms with Gasteiger partial charge in [0.1, 0.15) is 0 Å². The van der Waals surface area contributed by atoms with Crippen molar-refractivity contribution >= 4 is 29.2 Å². The average molecular weight is 402 g/mol. The highest BCUT2D eigenvalue weighted by Gasteiger charge is 2.23. The van der Waals surface area contributed by atoms with Crippen LogP contribution in [0, 0.1) is 0 Å². The topological polar surface area (TPSA) is 61.9 Å². The Hall–Kier alpha value is -2.57. The number of hydrogen-bond acceptors (Lipinski definition) is 3. The van der Waals surface area contributed by atoms with Crippen molar-refractivity contribution in [1.82, 2.24) is 9.80 Å². The van der Waals surface area contributed by atoms with Crippen LogP contribution in [0.5, 0.6) is 0 Å². The summed E-state index contributed by atoms with van der Waals surface area (Å²) < 4.78 is 5.31. The highest BCUT2D eigenvalue weighted by molar-refractivity contribution is 6.30. The number of rotatable bonds is 4. The molecule has 1 atom stereocenters. The normalized spacial score (nSPS) is 15.0. The first-order valence-corrected chi connectivity index (χ1v) is 9.60. The number of nitrogens with zero attached hydrogens (tertiary/aromatic N) is 2. The lowest BCUT2D eigenvalue weighted by molar-refractivity contribution is 0.0303. The molecule has 148 valence electrons. The summed E-state index contributed by atoms with van der Waals surface area (Å²) in [5.41, 5.74) is 1.95. The number of urea groups is 1. The fourth-order valence-electron chi connectivity index (χ4n) is 3.06. The number of hydrogen-bond donors (Lipinski definition) is 1. The molecule has 0 saturated carbocycles. The molecule has 1 saturated heterocycles. The molecular weight excluding hydrogens is 378 g/mol. The smallest absolute Gasteiger partial charge is 0.322 e. The van der Waals surface area contributed by atoms with Gasteiger partial charge in [0.25, 0.3) is 5.91 Å². The zero-order chi connectivity index (χ0) is 20.1. The van der Waals surface area contributed by atoms with E-state index in [1.54, 1.807) is 53.2 Å². The molecule has 3 rings (SSSR count). The molecule has 0 bridgehead atoms. The van der Waals surface area contributed by atoms with Gasteiger partial charge in [-0.2, -0.15) is 0 Å². The number of carbonyl (C=O) groups is 2. The largest absolute Gasteiger partial charge is 0.378 e. The Labute approximate surface area is 170 Å². The molecule has 1 aliphatic rings. The highest BCUT2D eigenvalue weighted by atomic mass is 35.5. The number of halogens is 1. The van der Waals surface area contributed by atoms with Crippen LogP contribution >= 0.6 is 11.6 Å². The van der Waals surface area contributed by atoms with E-state index in [0.29, 0.717) is 42.6 Å². The molecule has 1 fully saturated rings. The van der Waals surface area contributed by atoms with Gasteiger partial charge in [0, 0.05) is 25.2 Å². The minimum Gasteiger partial charge on any atom is -0.378 e. The third kappa shape index (κ3) is 4.64. The van der Waals surface area contributed by atoms with Crippen molar-refractivity contribution in [3.8, 4) is 0 Å². The van der Waals surface area contributed by atoms with Gasteiger partial charge < -0.3 is 19.9 Å². The predicted octanol–water partition coefficient (Wildman–Crippen LogP) is 4.04. The molecule has 0 radical (unpaired) electrons. The van der Waals surface area contributed by atoms with Gasteiger partial charge in [-0.25, -0.2) is 4.79 Å². The highest BCUT2D eigenvalue weighted by Crippen LogP contribution is 2.23. The van der Waals surface area contributed by atoms with Crippen molar-refractivity contribution in [2.24, 2.45) is 0 Å². The maximum atomic E-state index is 12.9. The molecule has 1 N–H and O–H groups in total. The Morgan fingerprint density at radius 1 is 1.11 bits per heavy atom. The molecule has 0 unspecified atom stereocenters. The first-order chi connectivity index (χ1) is 13.5. The maximum absolute atomic E-state index is 12.9. The van der Waals surface area contributed by atoms with Crippen LogP contribution in [0.15, 0.2) is 48.5 Å². The summed E-state index contributed by atoms with van der Waals surface area (Å²) in [6.45, 7) is 4.10. The van der Waals surface area contributed by atoms with Crippen LogP contribution in [0.2, 0.25) is 5.02 Å². The zero-order valence-electron chi connectivity index (χ0n) is 16.0. The second-order valence-corrected chi connectivity index (χ2v) is 7.16. The van der Waals surface area contributed by atoms with Gasteiger partial charge in [-0.05, 0) is 36.8 Å². The van der Waals surface area contributed by atoms with E-state index < -0.39 is 0 Å². The van der Waals surface area contributed by atoms with E-state index in [1.807, 2.05) is 19.1 Å². The standard InChI is InChI=1S/C21H24ClN3O3/c1-15(16-7-9-17(22)10-8-16)24(2)21(27)23-19-6-4-3-5-18(19)20(26)25-11-13-28-14-12-25/h3-10,15H,11-14H2,1-2H3,(H,23,27)/t15-/m1/s1. The summed E-state index contributed by atoms with van der Waals surface area (Å²) in [6.07, 6.45) is 0. The molecule has 0 spiro atoms. The van der Waals surface area contributed by atoms with Gasteiger partial charge in [-0.1, -0.05) is 35.9 Å². The van der Waals surface area contributed by atoms with Crippen molar-refractivity contribution in [3.05, 3.63) is 64.7 Å². The Kier molecular flexibility index (Phi) is 6.54. The monoisotopic (exact) mass is 401 g/mol. The van der Waals surface area contributed by atoms with Crippen LogP contribution in [0.25, 0.3) is 0 Å². The summed E-state index contributed by atoms with van der Waals surface area (Å²) >= 11 is 5.94. The summed E-state index contributed by atoms with van der Waals surface area (Å²) in [5, 5.41) is 3.53. The SMILES string of the molecule is C[C@H](c1ccc(Cl)cc1)N(C)C(=O)Nc1ccccc1C(=O)N1CCOCC1. The maximum Gasteiger partial charge on any atom is 0.322 e. The van der Waals surface area contributed by atoms with Crippen molar-refractivity contribution in [2.75, 3.05) is 38.7 Å². The molecule has 28 heavy (non-hydrogen) atoms. The molecule has 0 aliphatic carbocycles. The molecule has 1 heterocycles. The Morgan fingerprint density at radius 3 is 2.43 bits per heavy atom. The number of benzene rings is 2. The number of ether oxygens (including phenoxy) is 1. The number of morpholine rings is 1. The van der Waals surface area contributed by atoms with Crippen LogP contribution in [-0.2, 0) is 4.74 Å². The van der Waals surface area contributed by atoms with Crippen LogP contribution in [0.1, 0.15) is 28.9 Å². The van der Waals surface area contributed by atoms with Gasteiger partial charge in [-0.3, -0.25) is 4.79 Å². The first kappa shape index (κ1) is 20.2. The quantitative estimate of drug-likeness (QED) is 0.841. The van der Waals surface area contributed by atoms with Crippen LogP contribution in [-0.4, -0.2) is 55.1 Å². The van der Waals surface area contributed by atoms with Crippen LogP contribution in [0.4, 0.5) is 10.5 Å². The number of carbonyl (C=O) groups excluding carboxylic acids is 2. The fourth-order valence-corrected chi connectivity index (χ4v) is 3.19. The minimum absolute atomic E-state index is 0.104. The Bertz CT molecular complexity index is 835. The Balaban J connectivity index is 1.73. The summed E-state index contributed by atoms with van der Waals surface area (Å²) in [6, 6.07) is 14.0. The molecule has 6 nitrogen and oxygen atoms in total. The van der Waals surface area contributed by atoms with Crippen molar-refractivity contribution in [1.29, 1.82) is 0 Å². The summed E-state index contributed by atoms with van der Waals surface area (Å²) in [7, 11) is 1.72. The molecule has 7 heteroatoms. The second-order valence-electron chi connectivity index (χ2n) is 6.72. The lowest BCUT2D eigenvalue weighted by Crippen LogP contribution is -2.41. The Morgan fingerprint density at radius 2 is 1.75 bits per heavy atom. The predicted molar refractivity (Wildman–Crippen MR) is 110 cm³/mol. The minimum atomic E-state index is -0.287. The summed E-state index contributed by atoms with van der Waals surface area (Å²) in [5.74, 6) is -0.104. The first-order valence-electron chi connectivity index (χ1n) is 9.22. The fraction of sp³-hybridized carbons (Fsp3) is 0.333. The van der Waals surface area contributed by atoms with Gasteiger partial charge in [-0.15, -0.1) is 0 Å². The zero-order valence-corrected chi connectivity index (χ0v) is 16.8. The molecule has 0 aromatic heterocycles. The number of para-hydroxylation sites is 1. The van der Waals surface area contributed by atoms with E-state index in [4.69, 9.17) is 16.3 Å². The van der Waals surface area contributed by atoms with Crippen LogP contribution < -0.4 is 5.32 Å². The van der Waals surface area contributed by atoms with Crippen LogP contribution in [0.3, 0.4) is 0 Å². The van der Waals surface area contributed by atoms with Crippen molar-refractivity contribution < 1.29 is 14.3 Å². The number of nitrogens with one attached hydrogen (secondary N) is 1. The van der Waals surface area contributed by atoms with E-state index in [0.717, 1.165) is 5.56 Å². The molecule has 1 aliphatic heterocycles. The number of anilines is 1. The van der Waals surface area contributed by atoms with Gasteiger partial charge in [0.15, 0.2) is 0 Å². The molecule has 3 amide bonds.